The van der Waals surface area contributed by atoms with Crippen LogP contribution in [0.5, 0.6) is 5.75 Å². The second-order valence-electron chi connectivity index (χ2n) is 11.5. The number of phenolic OH excluding ortho intramolecular Hbond substituents is 1. The zero-order valence-electron chi connectivity index (χ0n) is 24.4. The van der Waals surface area contributed by atoms with Crippen LogP contribution in [-0.2, 0) is 10.2 Å². The summed E-state index contributed by atoms with van der Waals surface area (Å²) in [7, 11) is 1.74. The molecule has 0 saturated heterocycles. The fourth-order valence-corrected chi connectivity index (χ4v) is 4.99. The Morgan fingerprint density at radius 3 is 2.15 bits per heavy atom. The van der Waals surface area contributed by atoms with Crippen LogP contribution in [0.2, 0.25) is 0 Å². The summed E-state index contributed by atoms with van der Waals surface area (Å²) in [6, 6.07) is 27.6. The smallest absolute Gasteiger partial charge is 0.127 e. The van der Waals surface area contributed by atoms with Gasteiger partial charge in [-0.15, -0.1) is 0 Å². The minimum absolute atomic E-state index is 0.181. The molecular formula is C35H42N2O2. The highest BCUT2D eigenvalue weighted by atomic mass is 16.5. The van der Waals surface area contributed by atoms with Gasteiger partial charge in [0.2, 0.25) is 0 Å². The van der Waals surface area contributed by atoms with Gasteiger partial charge in [-0.1, -0.05) is 68.8 Å². The van der Waals surface area contributed by atoms with Crippen molar-refractivity contribution in [2.24, 2.45) is 0 Å². The van der Waals surface area contributed by atoms with E-state index in [1.54, 1.807) is 7.11 Å². The standard InChI is InChI=1S/C35H42N2O2/c1-24-13-16-27(17-14-24)36-31-18-15-25(2)23-33(31)37(19-10-20-39-7)32-12-9-8-11-28(32)29-21-26(3)22-30(34(29)38)35(4,5)6/h8-9,11-18,21-23,36,38H,10,19-20H2,1-7H3. The molecule has 4 nitrogen and oxygen atoms in total. The molecular weight excluding hydrogens is 480 g/mol. The maximum atomic E-state index is 11.6. The molecule has 0 radical (unpaired) electrons. The molecule has 4 heteroatoms. The Morgan fingerprint density at radius 1 is 0.769 bits per heavy atom. The summed E-state index contributed by atoms with van der Waals surface area (Å²) < 4.78 is 5.45. The molecule has 4 rings (SSSR count). The lowest BCUT2D eigenvalue weighted by Gasteiger charge is -2.31. The highest BCUT2D eigenvalue weighted by Crippen LogP contribution is 2.45. The van der Waals surface area contributed by atoms with Gasteiger partial charge in [0.15, 0.2) is 0 Å². The van der Waals surface area contributed by atoms with E-state index in [1.807, 2.05) is 6.07 Å². The molecule has 0 aromatic heterocycles. The van der Waals surface area contributed by atoms with Crippen molar-refractivity contribution in [2.75, 3.05) is 30.5 Å². The lowest BCUT2D eigenvalue weighted by atomic mass is 9.83. The summed E-state index contributed by atoms with van der Waals surface area (Å²) in [5, 5.41) is 15.2. The molecule has 0 amide bonds. The van der Waals surface area contributed by atoms with Crippen molar-refractivity contribution >= 4 is 22.7 Å². The van der Waals surface area contributed by atoms with Crippen molar-refractivity contribution in [3.63, 3.8) is 0 Å². The van der Waals surface area contributed by atoms with E-state index in [9.17, 15) is 5.11 Å². The van der Waals surface area contributed by atoms with Crippen LogP contribution in [0.4, 0.5) is 22.7 Å². The van der Waals surface area contributed by atoms with Gasteiger partial charge in [-0.3, -0.25) is 0 Å². The number of phenols is 1. The van der Waals surface area contributed by atoms with Crippen molar-refractivity contribution in [3.05, 3.63) is 101 Å². The highest BCUT2D eigenvalue weighted by molar-refractivity contribution is 5.89. The van der Waals surface area contributed by atoms with Gasteiger partial charge in [-0.25, -0.2) is 0 Å². The number of hydrogen-bond donors (Lipinski definition) is 2. The summed E-state index contributed by atoms with van der Waals surface area (Å²) in [6.07, 6.45) is 0.857. The van der Waals surface area contributed by atoms with E-state index in [4.69, 9.17) is 4.74 Å². The first-order chi connectivity index (χ1) is 18.6. The zero-order valence-corrected chi connectivity index (χ0v) is 24.4. The number of nitrogens with zero attached hydrogens (tertiary/aromatic N) is 1. The maximum Gasteiger partial charge on any atom is 0.127 e. The third kappa shape index (κ3) is 6.63. The van der Waals surface area contributed by atoms with E-state index in [2.05, 4.69) is 125 Å². The average Bonchev–Trinajstić information content (AvgIpc) is 2.90. The molecule has 204 valence electrons. The van der Waals surface area contributed by atoms with E-state index in [0.717, 1.165) is 58.0 Å². The van der Waals surface area contributed by atoms with Gasteiger partial charge in [0.1, 0.15) is 5.75 Å². The van der Waals surface area contributed by atoms with Crippen molar-refractivity contribution in [2.45, 2.75) is 53.4 Å². The van der Waals surface area contributed by atoms with Gasteiger partial charge in [0, 0.05) is 48.3 Å². The molecule has 0 aliphatic carbocycles. The van der Waals surface area contributed by atoms with Crippen molar-refractivity contribution in [1.29, 1.82) is 0 Å². The Balaban J connectivity index is 1.89. The van der Waals surface area contributed by atoms with Crippen LogP contribution in [-0.4, -0.2) is 25.4 Å². The number of nitrogens with one attached hydrogen (secondary N) is 1. The number of para-hydroxylation sites is 1. The summed E-state index contributed by atoms with van der Waals surface area (Å²) in [5.41, 5.74) is 10.4. The molecule has 4 aromatic rings. The van der Waals surface area contributed by atoms with E-state index in [-0.39, 0.29) is 5.41 Å². The Hall–Kier alpha value is -3.76. The maximum absolute atomic E-state index is 11.6. The molecule has 0 unspecified atom stereocenters. The van der Waals surface area contributed by atoms with Crippen LogP contribution in [0.15, 0.2) is 78.9 Å². The monoisotopic (exact) mass is 522 g/mol. The van der Waals surface area contributed by atoms with Gasteiger partial charge in [0.25, 0.3) is 0 Å². The van der Waals surface area contributed by atoms with Gasteiger partial charge < -0.3 is 20.1 Å². The Morgan fingerprint density at radius 2 is 1.46 bits per heavy atom. The molecule has 0 aliphatic rings. The molecule has 2 N–H and O–H groups in total. The summed E-state index contributed by atoms with van der Waals surface area (Å²) in [5.74, 6) is 0.347. The number of ether oxygens (including phenoxy) is 1. The number of aromatic hydroxyl groups is 1. The number of benzene rings is 4. The average molecular weight is 523 g/mol. The van der Waals surface area contributed by atoms with Crippen LogP contribution in [0, 0.1) is 20.8 Å². The fourth-order valence-electron chi connectivity index (χ4n) is 4.99. The molecule has 0 heterocycles. The van der Waals surface area contributed by atoms with Crippen molar-refractivity contribution in [3.8, 4) is 16.9 Å². The molecule has 0 bridgehead atoms. The zero-order chi connectivity index (χ0) is 28.2. The summed E-state index contributed by atoms with van der Waals surface area (Å²) in [6.45, 7) is 14.2. The van der Waals surface area contributed by atoms with Gasteiger partial charge >= 0.3 is 0 Å². The molecule has 0 aliphatic heterocycles. The Bertz CT molecular complexity index is 1420. The largest absolute Gasteiger partial charge is 0.507 e. The topological polar surface area (TPSA) is 44.7 Å². The minimum Gasteiger partial charge on any atom is -0.507 e. The van der Waals surface area contributed by atoms with Gasteiger partial charge in [-0.2, -0.15) is 0 Å². The first-order valence-corrected chi connectivity index (χ1v) is 13.7. The van der Waals surface area contributed by atoms with E-state index in [0.29, 0.717) is 12.4 Å². The van der Waals surface area contributed by atoms with Gasteiger partial charge in [0.05, 0.1) is 11.4 Å². The number of rotatable bonds is 9. The van der Waals surface area contributed by atoms with Crippen molar-refractivity contribution < 1.29 is 9.84 Å². The molecule has 0 spiro atoms. The van der Waals surface area contributed by atoms with Crippen LogP contribution < -0.4 is 10.2 Å². The van der Waals surface area contributed by atoms with Crippen LogP contribution >= 0.6 is 0 Å². The van der Waals surface area contributed by atoms with Crippen LogP contribution in [0.1, 0.15) is 49.4 Å². The molecule has 4 aromatic carbocycles. The third-order valence-electron chi connectivity index (χ3n) is 7.05. The van der Waals surface area contributed by atoms with E-state index >= 15 is 0 Å². The summed E-state index contributed by atoms with van der Waals surface area (Å²) >= 11 is 0. The van der Waals surface area contributed by atoms with E-state index < -0.39 is 0 Å². The SMILES string of the molecule is COCCCN(c1cc(C)ccc1Nc1ccc(C)cc1)c1ccccc1-c1cc(C)cc(C(C)(C)C)c1O. The van der Waals surface area contributed by atoms with Crippen LogP contribution in [0.25, 0.3) is 11.1 Å². The van der Waals surface area contributed by atoms with Crippen molar-refractivity contribution in [1.82, 2.24) is 0 Å². The quantitative estimate of drug-likeness (QED) is 0.215. The van der Waals surface area contributed by atoms with E-state index in [1.165, 1.54) is 11.1 Å². The highest BCUT2D eigenvalue weighted by Gasteiger charge is 2.24. The lowest BCUT2D eigenvalue weighted by molar-refractivity contribution is 0.197. The second kappa shape index (κ2) is 12.0. The van der Waals surface area contributed by atoms with Crippen LogP contribution in [0.3, 0.4) is 0 Å². The second-order valence-corrected chi connectivity index (χ2v) is 11.5. The predicted molar refractivity (Wildman–Crippen MR) is 166 cm³/mol. The third-order valence-corrected chi connectivity index (χ3v) is 7.05. The fraction of sp³-hybridized carbons (Fsp3) is 0.314. The Kier molecular flexibility index (Phi) is 8.66. The summed E-state index contributed by atoms with van der Waals surface area (Å²) in [4.78, 5) is 2.36. The molecule has 0 atom stereocenters. The minimum atomic E-state index is -0.181. The number of aryl methyl sites for hydroxylation is 3. The predicted octanol–water partition coefficient (Wildman–Crippen LogP) is 9.20. The number of hydrogen-bond acceptors (Lipinski definition) is 4. The first-order valence-electron chi connectivity index (χ1n) is 13.7. The first kappa shape index (κ1) is 28.3. The normalized spacial score (nSPS) is 11.5. The Labute approximate surface area is 234 Å². The van der Waals surface area contributed by atoms with Gasteiger partial charge in [-0.05, 0) is 80.1 Å². The molecule has 0 saturated carbocycles. The molecule has 39 heavy (non-hydrogen) atoms. The molecule has 0 fully saturated rings. The lowest BCUT2D eigenvalue weighted by Crippen LogP contribution is -2.22. The number of methoxy groups -OCH3 is 1. The number of anilines is 4.